The number of likely N-dealkylation sites (N-methyl/N-ethyl adjacent to an activating group) is 2. The molecule has 1 amide bonds. The number of nitrogens with one attached hydrogen (secondary N) is 1. The van der Waals surface area contributed by atoms with Crippen LogP contribution >= 0.6 is 0 Å². The van der Waals surface area contributed by atoms with E-state index in [0.717, 1.165) is 25.2 Å². The highest BCUT2D eigenvalue weighted by molar-refractivity contribution is 5.83. The van der Waals surface area contributed by atoms with E-state index < -0.39 is 0 Å². The van der Waals surface area contributed by atoms with Crippen LogP contribution in [0.3, 0.4) is 0 Å². The van der Waals surface area contributed by atoms with Gasteiger partial charge in [-0.1, -0.05) is 44.2 Å². The van der Waals surface area contributed by atoms with Crippen LogP contribution in [-0.4, -0.2) is 56.0 Å². The molecule has 0 radical (unpaired) electrons. The number of hydrogen-bond donors (Lipinski definition) is 1. The summed E-state index contributed by atoms with van der Waals surface area (Å²) >= 11 is 0. The molecule has 0 saturated heterocycles. The fourth-order valence-electron chi connectivity index (χ4n) is 2.29. The molecule has 4 nitrogen and oxygen atoms in total. The average Bonchev–Trinajstić information content (AvgIpc) is 2.44. The van der Waals surface area contributed by atoms with E-state index in [1.807, 2.05) is 49.3 Å². The quantitative estimate of drug-likeness (QED) is 0.786. The lowest BCUT2D eigenvalue weighted by molar-refractivity contribution is -0.125. The maximum Gasteiger partial charge on any atom is 0.241 e. The summed E-state index contributed by atoms with van der Waals surface area (Å²) in [5.74, 6) is 0.0633. The molecule has 1 aromatic carbocycles. The first-order valence-electron chi connectivity index (χ1n) is 7.31. The van der Waals surface area contributed by atoms with Crippen molar-refractivity contribution in [1.82, 2.24) is 15.1 Å². The number of benzene rings is 1. The Hall–Kier alpha value is -1.39. The van der Waals surface area contributed by atoms with Crippen molar-refractivity contribution in [3.8, 4) is 0 Å². The summed E-state index contributed by atoms with van der Waals surface area (Å²) in [4.78, 5) is 16.6. The van der Waals surface area contributed by atoms with Gasteiger partial charge in [-0.25, -0.2) is 0 Å². The summed E-state index contributed by atoms with van der Waals surface area (Å²) in [5.41, 5.74) is 1.03. The molecule has 0 heterocycles. The molecule has 0 aliphatic heterocycles. The normalized spacial score (nSPS) is 12.7. The first kappa shape index (κ1) is 16.7. The zero-order valence-electron chi connectivity index (χ0n) is 13.1. The predicted octanol–water partition coefficient (Wildman–Crippen LogP) is 1.75. The highest BCUT2D eigenvalue weighted by Gasteiger charge is 2.22. The van der Waals surface area contributed by atoms with Gasteiger partial charge in [-0.15, -0.1) is 0 Å². The summed E-state index contributed by atoms with van der Waals surface area (Å²) in [6.45, 7) is 7.89. The summed E-state index contributed by atoms with van der Waals surface area (Å²) in [6.07, 6.45) is 0. The Bertz CT molecular complexity index is 388. The number of carbonyl (C=O) groups is 1. The first-order valence-corrected chi connectivity index (χ1v) is 7.31. The van der Waals surface area contributed by atoms with E-state index in [4.69, 9.17) is 0 Å². The molecule has 0 aliphatic rings. The lowest BCUT2D eigenvalue weighted by atomic mass is 10.1. The molecule has 0 aliphatic carbocycles. The monoisotopic (exact) mass is 277 g/mol. The number of rotatable bonds is 8. The van der Waals surface area contributed by atoms with Crippen molar-refractivity contribution >= 4 is 5.91 Å². The van der Waals surface area contributed by atoms with Crippen molar-refractivity contribution in [2.75, 3.05) is 40.3 Å². The van der Waals surface area contributed by atoms with Gasteiger partial charge in [0.05, 0.1) is 0 Å². The molecule has 1 aromatic rings. The maximum absolute atomic E-state index is 12.4. The van der Waals surface area contributed by atoms with Gasteiger partial charge in [-0.3, -0.25) is 9.69 Å². The summed E-state index contributed by atoms with van der Waals surface area (Å²) in [5, 5.41) is 3.04. The van der Waals surface area contributed by atoms with Crippen LogP contribution in [0.2, 0.25) is 0 Å². The van der Waals surface area contributed by atoms with E-state index in [-0.39, 0.29) is 11.9 Å². The van der Waals surface area contributed by atoms with Crippen LogP contribution < -0.4 is 5.32 Å². The third kappa shape index (κ3) is 4.94. The number of amides is 1. The topological polar surface area (TPSA) is 35.6 Å². The maximum atomic E-state index is 12.4. The molecule has 0 spiro atoms. The summed E-state index contributed by atoms with van der Waals surface area (Å²) in [6, 6.07) is 9.66. The minimum atomic E-state index is -0.229. The third-order valence-electron chi connectivity index (χ3n) is 3.50. The van der Waals surface area contributed by atoms with Gasteiger partial charge >= 0.3 is 0 Å². The summed E-state index contributed by atoms with van der Waals surface area (Å²) in [7, 11) is 3.86. The Labute approximate surface area is 122 Å². The molecule has 0 unspecified atom stereocenters. The second-order valence-electron chi connectivity index (χ2n) is 5.09. The van der Waals surface area contributed by atoms with Crippen LogP contribution in [0.4, 0.5) is 0 Å². The number of carbonyl (C=O) groups excluding carboxylic acids is 1. The van der Waals surface area contributed by atoms with Gasteiger partial charge in [0, 0.05) is 13.1 Å². The summed E-state index contributed by atoms with van der Waals surface area (Å²) < 4.78 is 0. The molecule has 4 heteroatoms. The second kappa shape index (κ2) is 8.72. The van der Waals surface area contributed by atoms with Crippen molar-refractivity contribution < 1.29 is 4.79 Å². The van der Waals surface area contributed by atoms with Gasteiger partial charge in [-0.05, 0) is 32.7 Å². The van der Waals surface area contributed by atoms with Gasteiger partial charge < -0.3 is 10.2 Å². The molecular weight excluding hydrogens is 250 g/mol. The van der Waals surface area contributed by atoms with Gasteiger partial charge in [0.1, 0.15) is 6.04 Å². The standard InChI is InChI=1S/C16H27N3O/c1-5-19(6-2)13-12-17-16(20)15(18(3)4)14-10-8-7-9-11-14/h7-11,15H,5-6,12-13H2,1-4H3,(H,17,20)/t15-/m1/s1. The molecule has 1 rings (SSSR count). The molecule has 0 bridgehead atoms. The first-order chi connectivity index (χ1) is 9.60. The Morgan fingerprint density at radius 1 is 1.15 bits per heavy atom. The lowest BCUT2D eigenvalue weighted by Gasteiger charge is -2.25. The molecule has 112 valence electrons. The van der Waals surface area contributed by atoms with Crippen LogP contribution in [0.25, 0.3) is 0 Å². The highest BCUT2D eigenvalue weighted by Crippen LogP contribution is 2.17. The van der Waals surface area contributed by atoms with Crippen LogP contribution in [-0.2, 0) is 4.79 Å². The SMILES string of the molecule is CCN(CC)CCNC(=O)[C@@H](c1ccccc1)N(C)C. The van der Waals surface area contributed by atoms with Crippen molar-refractivity contribution in [3.05, 3.63) is 35.9 Å². The van der Waals surface area contributed by atoms with Gasteiger partial charge in [0.25, 0.3) is 0 Å². The highest BCUT2D eigenvalue weighted by atomic mass is 16.2. The largest absolute Gasteiger partial charge is 0.353 e. The Morgan fingerprint density at radius 2 is 1.75 bits per heavy atom. The third-order valence-corrected chi connectivity index (χ3v) is 3.50. The smallest absolute Gasteiger partial charge is 0.241 e. The van der Waals surface area contributed by atoms with Crippen molar-refractivity contribution in [2.24, 2.45) is 0 Å². The van der Waals surface area contributed by atoms with E-state index in [1.165, 1.54) is 0 Å². The Kier molecular flexibility index (Phi) is 7.26. The van der Waals surface area contributed by atoms with Crippen molar-refractivity contribution in [2.45, 2.75) is 19.9 Å². The minimum Gasteiger partial charge on any atom is -0.353 e. The fourth-order valence-corrected chi connectivity index (χ4v) is 2.29. The van der Waals surface area contributed by atoms with Gasteiger partial charge in [-0.2, -0.15) is 0 Å². The molecule has 1 N–H and O–H groups in total. The lowest BCUT2D eigenvalue weighted by Crippen LogP contribution is -2.40. The number of hydrogen-bond acceptors (Lipinski definition) is 3. The van der Waals surface area contributed by atoms with Crippen LogP contribution in [0.5, 0.6) is 0 Å². The van der Waals surface area contributed by atoms with Crippen molar-refractivity contribution in [3.63, 3.8) is 0 Å². The average molecular weight is 277 g/mol. The van der Waals surface area contributed by atoms with Crippen LogP contribution in [0, 0.1) is 0 Å². The Morgan fingerprint density at radius 3 is 2.25 bits per heavy atom. The van der Waals surface area contributed by atoms with E-state index >= 15 is 0 Å². The molecule has 1 atom stereocenters. The fraction of sp³-hybridized carbons (Fsp3) is 0.562. The van der Waals surface area contributed by atoms with Crippen LogP contribution in [0.15, 0.2) is 30.3 Å². The molecular formula is C16H27N3O. The molecule has 0 aromatic heterocycles. The number of nitrogens with zero attached hydrogens (tertiary/aromatic N) is 2. The minimum absolute atomic E-state index is 0.0633. The van der Waals surface area contributed by atoms with Crippen LogP contribution in [0.1, 0.15) is 25.5 Å². The molecule has 20 heavy (non-hydrogen) atoms. The zero-order chi connectivity index (χ0) is 15.0. The molecule has 0 fully saturated rings. The van der Waals surface area contributed by atoms with E-state index in [2.05, 4.69) is 24.1 Å². The van der Waals surface area contributed by atoms with E-state index in [1.54, 1.807) is 0 Å². The van der Waals surface area contributed by atoms with Crippen molar-refractivity contribution in [1.29, 1.82) is 0 Å². The second-order valence-corrected chi connectivity index (χ2v) is 5.09. The van der Waals surface area contributed by atoms with Gasteiger partial charge in [0.2, 0.25) is 5.91 Å². The predicted molar refractivity (Wildman–Crippen MR) is 83.7 cm³/mol. The van der Waals surface area contributed by atoms with E-state index in [0.29, 0.717) is 6.54 Å². The molecule has 0 saturated carbocycles. The van der Waals surface area contributed by atoms with E-state index in [9.17, 15) is 4.79 Å². The Balaban J connectivity index is 2.58. The zero-order valence-corrected chi connectivity index (χ0v) is 13.1. The van der Waals surface area contributed by atoms with Gasteiger partial charge in [0.15, 0.2) is 0 Å².